The molecule has 1 aromatic carbocycles. The SMILES string of the molecule is C=CCCC(=O)ONc1cc2[nH]c(C3CCCCC3)nc2cc1SCCCC. The molecule has 6 heteroatoms. The van der Waals surface area contributed by atoms with Crippen LogP contribution in [-0.2, 0) is 9.63 Å². The van der Waals surface area contributed by atoms with Crippen LogP contribution < -0.4 is 5.48 Å². The second kappa shape index (κ2) is 10.6. The van der Waals surface area contributed by atoms with E-state index in [4.69, 9.17) is 9.82 Å². The number of rotatable bonds is 10. The average Bonchev–Trinajstić information content (AvgIpc) is 3.14. The predicted molar refractivity (Wildman–Crippen MR) is 117 cm³/mol. The number of allylic oxidation sites excluding steroid dienone is 1. The van der Waals surface area contributed by atoms with Crippen molar-refractivity contribution >= 4 is 34.5 Å². The minimum atomic E-state index is -0.281. The van der Waals surface area contributed by atoms with Gasteiger partial charge < -0.3 is 9.82 Å². The largest absolute Gasteiger partial charge is 0.343 e. The summed E-state index contributed by atoms with van der Waals surface area (Å²) in [5.74, 6) is 2.38. The molecule has 2 aromatic rings. The van der Waals surface area contributed by atoms with E-state index in [-0.39, 0.29) is 5.97 Å². The van der Waals surface area contributed by atoms with Crippen molar-refractivity contribution in [1.82, 2.24) is 9.97 Å². The molecule has 3 rings (SSSR count). The van der Waals surface area contributed by atoms with Crippen molar-refractivity contribution < 1.29 is 9.63 Å². The lowest BCUT2D eigenvalue weighted by Gasteiger charge is -2.18. The normalized spacial score (nSPS) is 14.9. The smallest absolute Gasteiger partial charge is 0.332 e. The summed E-state index contributed by atoms with van der Waals surface area (Å²) < 4.78 is 0. The highest BCUT2D eigenvalue weighted by atomic mass is 32.2. The van der Waals surface area contributed by atoms with Gasteiger partial charge in [0.25, 0.3) is 0 Å². The minimum Gasteiger partial charge on any atom is -0.343 e. The Balaban J connectivity index is 1.79. The van der Waals surface area contributed by atoms with Gasteiger partial charge in [0.2, 0.25) is 0 Å². The number of aromatic amines is 1. The zero-order valence-electron chi connectivity index (χ0n) is 16.8. The van der Waals surface area contributed by atoms with Crippen LogP contribution in [0.3, 0.4) is 0 Å². The highest BCUT2D eigenvalue weighted by Gasteiger charge is 2.20. The lowest BCUT2D eigenvalue weighted by atomic mass is 9.89. The molecule has 0 saturated heterocycles. The summed E-state index contributed by atoms with van der Waals surface area (Å²) in [6, 6.07) is 4.13. The standard InChI is InChI=1S/C22H31N3O2S/c1-3-5-12-21(26)27-25-19-14-17-18(15-20(19)28-13-6-4-2)24-22(23-17)16-10-8-7-9-11-16/h3,14-16,25H,1,4-13H2,2H3,(H,23,24). The van der Waals surface area contributed by atoms with Gasteiger partial charge in [-0.05, 0) is 43.6 Å². The van der Waals surface area contributed by atoms with Gasteiger partial charge in [-0.1, -0.05) is 38.7 Å². The molecular formula is C22H31N3O2S. The van der Waals surface area contributed by atoms with E-state index in [9.17, 15) is 4.79 Å². The summed E-state index contributed by atoms with van der Waals surface area (Å²) in [7, 11) is 0. The number of carbonyl (C=O) groups excluding carboxylic acids is 1. The molecule has 5 nitrogen and oxygen atoms in total. The van der Waals surface area contributed by atoms with Crippen LogP contribution in [0.2, 0.25) is 0 Å². The van der Waals surface area contributed by atoms with E-state index in [0.29, 0.717) is 18.8 Å². The molecule has 1 heterocycles. The first kappa shape index (κ1) is 20.8. The van der Waals surface area contributed by atoms with Crippen molar-refractivity contribution in [2.45, 2.75) is 75.5 Å². The number of H-pyrrole nitrogens is 1. The maximum atomic E-state index is 11.9. The van der Waals surface area contributed by atoms with Crippen molar-refractivity contribution in [3.8, 4) is 0 Å². The van der Waals surface area contributed by atoms with Crippen LogP contribution in [0.15, 0.2) is 29.7 Å². The third-order valence-electron chi connectivity index (χ3n) is 5.18. The number of thioether (sulfide) groups is 1. The van der Waals surface area contributed by atoms with Crippen LogP contribution in [0, 0.1) is 0 Å². The van der Waals surface area contributed by atoms with Gasteiger partial charge in [0.15, 0.2) is 0 Å². The molecule has 0 radical (unpaired) electrons. The number of hydrogen-bond acceptors (Lipinski definition) is 5. The van der Waals surface area contributed by atoms with Crippen molar-refractivity contribution in [2.75, 3.05) is 11.2 Å². The Morgan fingerprint density at radius 3 is 2.96 bits per heavy atom. The van der Waals surface area contributed by atoms with Gasteiger partial charge in [0.05, 0.1) is 23.1 Å². The maximum absolute atomic E-state index is 11.9. The second-order valence-corrected chi connectivity index (χ2v) is 8.56. The van der Waals surface area contributed by atoms with E-state index in [1.165, 1.54) is 32.1 Å². The summed E-state index contributed by atoms with van der Waals surface area (Å²) in [4.78, 5) is 26.6. The predicted octanol–water partition coefficient (Wildman–Crippen LogP) is 6.34. The number of anilines is 1. The molecule has 1 fully saturated rings. The lowest BCUT2D eigenvalue weighted by Crippen LogP contribution is -2.10. The molecule has 0 spiro atoms. The van der Waals surface area contributed by atoms with Crippen LogP contribution in [0.4, 0.5) is 5.69 Å². The Labute approximate surface area is 171 Å². The third kappa shape index (κ3) is 5.53. The molecule has 152 valence electrons. The Bertz CT molecular complexity index is 796. The van der Waals surface area contributed by atoms with Gasteiger partial charge >= 0.3 is 5.97 Å². The summed E-state index contributed by atoms with van der Waals surface area (Å²) in [5, 5.41) is 0. The molecular weight excluding hydrogens is 370 g/mol. The van der Waals surface area contributed by atoms with E-state index >= 15 is 0 Å². The van der Waals surface area contributed by atoms with E-state index in [0.717, 1.165) is 46.0 Å². The number of nitrogens with one attached hydrogen (secondary N) is 2. The molecule has 0 amide bonds. The van der Waals surface area contributed by atoms with Crippen LogP contribution in [0.5, 0.6) is 0 Å². The zero-order valence-corrected chi connectivity index (χ0v) is 17.6. The molecule has 0 bridgehead atoms. The van der Waals surface area contributed by atoms with E-state index in [1.807, 2.05) is 6.07 Å². The first-order valence-electron chi connectivity index (χ1n) is 10.4. The lowest BCUT2D eigenvalue weighted by molar-refractivity contribution is -0.140. The van der Waals surface area contributed by atoms with Gasteiger partial charge in [-0.3, -0.25) is 0 Å². The monoisotopic (exact) mass is 401 g/mol. The fourth-order valence-electron chi connectivity index (χ4n) is 3.54. The maximum Gasteiger partial charge on any atom is 0.332 e. The minimum absolute atomic E-state index is 0.281. The second-order valence-electron chi connectivity index (χ2n) is 7.43. The van der Waals surface area contributed by atoms with Gasteiger partial charge in [-0.15, -0.1) is 18.3 Å². The zero-order chi connectivity index (χ0) is 19.8. The highest BCUT2D eigenvalue weighted by molar-refractivity contribution is 7.99. The Morgan fingerprint density at radius 1 is 1.39 bits per heavy atom. The van der Waals surface area contributed by atoms with Gasteiger partial charge in [0, 0.05) is 10.8 Å². The number of aromatic nitrogens is 2. The number of unbranched alkanes of at least 4 members (excludes halogenated alkanes) is 1. The molecule has 28 heavy (non-hydrogen) atoms. The number of imidazole rings is 1. The van der Waals surface area contributed by atoms with Crippen molar-refractivity contribution in [3.05, 3.63) is 30.6 Å². The van der Waals surface area contributed by atoms with Crippen LogP contribution in [0.25, 0.3) is 11.0 Å². The topological polar surface area (TPSA) is 67.0 Å². The Hall–Kier alpha value is -1.95. The Kier molecular flexibility index (Phi) is 7.83. The number of carbonyl (C=O) groups is 1. The number of benzene rings is 1. The first-order valence-corrected chi connectivity index (χ1v) is 11.4. The molecule has 1 aliphatic rings. The molecule has 1 saturated carbocycles. The molecule has 0 atom stereocenters. The summed E-state index contributed by atoms with van der Waals surface area (Å²) in [5.41, 5.74) is 5.68. The molecule has 1 aliphatic carbocycles. The van der Waals surface area contributed by atoms with Gasteiger partial charge in [0.1, 0.15) is 5.82 Å². The summed E-state index contributed by atoms with van der Waals surface area (Å²) in [6.07, 6.45) is 11.3. The molecule has 0 aliphatic heterocycles. The third-order valence-corrected chi connectivity index (χ3v) is 6.32. The number of nitrogens with zero attached hydrogens (tertiary/aromatic N) is 1. The van der Waals surface area contributed by atoms with E-state index in [1.54, 1.807) is 17.8 Å². The molecule has 1 aromatic heterocycles. The van der Waals surface area contributed by atoms with Gasteiger partial charge in [-0.25, -0.2) is 15.3 Å². The first-order chi connectivity index (χ1) is 13.7. The number of fused-ring (bicyclic) bond motifs is 1. The van der Waals surface area contributed by atoms with Crippen molar-refractivity contribution in [3.63, 3.8) is 0 Å². The molecule has 2 N–H and O–H groups in total. The van der Waals surface area contributed by atoms with Gasteiger partial charge in [-0.2, -0.15) is 0 Å². The fourth-order valence-corrected chi connectivity index (χ4v) is 4.64. The van der Waals surface area contributed by atoms with Crippen LogP contribution in [0.1, 0.15) is 76.5 Å². The van der Waals surface area contributed by atoms with Crippen molar-refractivity contribution in [1.29, 1.82) is 0 Å². The fraction of sp³-hybridized carbons (Fsp3) is 0.545. The van der Waals surface area contributed by atoms with Crippen molar-refractivity contribution in [2.24, 2.45) is 0 Å². The Morgan fingerprint density at radius 2 is 2.21 bits per heavy atom. The number of hydrogen-bond donors (Lipinski definition) is 2. The summed E-state index contributed by atoms with van der Waals surface area (Å²) in [6.45, 7) is 5.83. The quantitative estimate of drug-likeness (QED) is 0.210. The molecule has 0 unspecified atom stereocenters. The van der Waals surface area contributed by atoms with E-state index in [2.05, 4.69) is 30.0 Å². The van der Waals surface area contributed by atoms with E-state index < -0.39 is 0 Å². The van der Waals surface area contributed by atoms with Crippen LogP contribution >= 0.6 is 11.8 Å². The summed E-state index contributed by atoms with van der Waals surface area (Å²) >= 11 is 1.78. The highest BCUT2D eigenvalue weighted by Crippen LogP contribution is 2.35. The average molecular weight is 402 g/mol. The van der Waals surface area contributed by atoms with Crippen LogP contribution in [-0.4, -0.2) is 21.7 Å².